The van der Waals surface area contributed by atoms with Gasteiger partial charge in [-0.1, -0.05) is 35.8 Å². The van der Waals surface area contributed by atoms with Gasteiger partial charge in [-0.3, -0.25) is 10.2 Å². The summed E-state index contributed by atoms with van der Waals surface area (Å²) in [6, 6.07) is 10.8. The number of sulfonamides is 1. The van der Waals surface area contributed by atoms with Crippen molar-refractivity contribution in [1.29, 1.82) is 0 Å². The molecule has 0 aliphatic heterocycles. The Labute approximate surface area is 173 Å². The van der Waals surface area contributed by atoms with Gasteiger partial charge in [0.2, 0.25) is 0 Å². The second-order valence-electron chi connectivity index (χ2n) is 6.41. The van der Waals surface area contributed by atoms with Gasteiger partial charge in [0.05, 0.1) is 18.6 Å². The van der Waals surface area contributed by atoms with E-state index in [-0.39, 0.29) is 10.5 Å². The molecule has 152 valence electrons. The number of rotatable bonds is 9. The summed E-state index contributed by atoms with van der Waals surface area (Å²) in [5.74, 6) is 0.806. The van der Waals surface area contributed by atoms with Crippen LogP contribution in [-0.2, 0) is 10.0 Å². The highest BCUT2D eigenvalue weighted by Gasteiger charge is 2.17. The van der Waals surface area contributed by atoms with Gasteiger partial charge in [0.25, 0.3) is 15.9 Å². The maximum Gasteiger partial charge on any atom is 0.266 e. The predicted molar refractivity (Wildman–Crippen MR) is 110 cm³/mol. The van der Waals surface area contributed by atoms with E-state index in [1.54, 1.807) is 18.2 Å². The molecule has 0 aliphatic rings. The lowest BCUT2D eigenvalue weighted by molar-refractivity contribution is 0.0944. The molecule has 0 bridgehead atoms. The van der Waals surface area contributed by atoms with E-state index in [1.165, 1.54) is 31.4 Å². The van der Waals surface area contributed by atoms with Gasteiger partial charge in [-0.05, 0) is 48.7 Å². The van der Waals surface area contributed by atoms with Crippen molar-refractivity contribution in [2.75, 3.05) is 13.7 Å². The zero-order chi connectivity index (χ0) is 20.7. The third-order valence-electron chi connectivity index (χ3n) is 3.78. The van der Waals surface area contributed by atoms with E-state index in [0.717, 1.165) is 6.42 Å². The van der Waals surface area contributed by atoms with Crippen LogP contribution in [0.15, 0.2) is 51.8 Å². The molecule has 0 heterocycles. The highest BCUT2D eigenvalue weighted by atomic mass is 79.9. The maximum atomic E-state index is 12.3. The van der Waals surface area contributed by atoms with Gasteiger partial charge < -0.3 is 9.47 Å². The van der Waals surface area contributed by atoms with E-state index in [2.05, 4.69) is 40.0 Å². The third kappa shape index (κ3) is 6.22. The first kappa shape index (κ1) is 22.2. The lowest BCUT2D eigenvalue weighted by Crippen LogP contribution is -2.41. The molecule has 0 unspecified atom stereocenters. The Balaban J connectivity index is 2.05. The summed E-state index contributed by atoms with van der Waals surface area (Å²) in [5.41, 5.74) is 2.42. The molecule has 0 radical (unpaired) electrons. The summed E-state index contributed by atoms with van der Waals surface area (Å²) >= 11 is 3.21. The predicted octanol–water partition coefficient (Wildman–Crippen LogP) is 3.51. The molecule has 1 amide bonds. The first-order valence-electron chi connectivity index (χ1n) is 8.61. The minimum absolute atomic E-state index is 0.0219. The second-order valence-corrected chi connectivity index (χ2v) is 9.01. The molecular weight excluding hydrogens is 448 g/mol. The first-order chi connectivity index (χ1) is 13.2. The Morgan fingerprint density at radius 2 is 1.89 bits per heavy atom. The molecule has 2 rings (SSSR count). The number of nitrogens with one attached hydrogen (secondary N) is 2. The van der Waals surface area contributed by atoms with E-state index in [0.29, 0.717) is 28.5 Å². The number of hydrogen-bond donors (Lipinski definition) is 2. The summed E-state index contributed by atoms with van der Waals surface area (Å²) in [4.78, 5) is 14.4. The van der Waals surface area contributed by atoms with Crippen molar-refractivity contribution in [1.82, 2.24) is 10.3 Å². The quantitative estimate of drug-likeness (QED) is 0.546. The molecule has 2 N–H and O–H groups in total. The smallest absolute Gasteiger partial charge is 0.266 e. The summed E-state index contributed by atoms with van der Waals surface area (Å²) in [6.45, 7) is 4.73. The van der Waals surface area contributed by atoms with Crippen LogP contribution in [0.4, 0.5) is 0 Å². The Morgan fingerprint density at radius 1 is 1.14 bits per heavy atom. The van der Waals surface area contributed by atoms with Crippen molar-refractivity contribution in [3.8, 4) is 11.5 Å². The van der Waals surface area contributed by atoms with E-state index in [4.69, 9.17) is 9.47 Å². The molecule has 0 spiro atoms. The van der Waals surface area contributed by atoms with Gasteiger partial charge in [-0.2, -0.15) is 0 Å². The molecule has 2 aromatic rings. The normalized spacial score (nSPS) is 11.3. The molecular formula is C19H23BrN2O5S. The maximum absolute atomic E-state index is 12.3. The molecule has 0 atom stereocenters. The molecule has 28 heavy (non-hydrogen) atoms. The Hall–Kier alpha value is -2.10. The Bertz CT molecular complexity index is 932. The van der Waals surface area contributed by atoms with Crippen LogP contribution in [0.5, 0.6) is 11.5 Å². The molecule has 7 nitrogen and oxygen atoms in total. The fourth-order valence-corrected chi connectivity index (χ4v) is 3.65. The third-order valence-corrected chi connectivity index (χ3v) is 5.52. The molecule has 0 saturated heterocycles. The zero-order valence-corrected chi connectivity index (χ0v) is 18.3. The van der Waals surface area contributed by atoms with Crippen molar-refractivity contribution in [2.45, 2.75) is 25.2 Å². The van der Waals surface area contributed by atoms with E-state index < -0.39 is 15.9 Å². The van der Waals surface area contributed by atoms with Gasteiger partial charge in [0.15, 0.2) is 11.5 Å². The van der Waals surface area contributed by atoms with Crippen LogP contribution >= 0.6 is 15.9 Å². The molecule has 0 fully saturated rings. The molecule has 0 aliphatic carbocycles. The van der Waals surface area contributed by atoms with Crippen LogP contribution in [-0.4, -0.2) is 28.0 Å². The highest BCUT2D eigenvalue weighted by molar-refractivity contribution is 9.10. The molecule has 2 aromatic carbocycles. The summed E-state index contributed by atoms with van der Waals surface area (Å²) in [7, 11) is -2.42. The Kier molecular flexibility index (Phi) is 7.85. The molecule has 0 aromatic heterocycles. The lowest BCUT2D eigenvalue weighted by Gasteiger charge is -2.13. The van der Waals surface area contributed by atoms with Crippen LogP contribution in [0.1, 0.15) is 30.6 Å². The molecule has 9 heteroatoms. The van der Waals surface area contributed by atoms with Crippen LogP contribution in [0.2, 0.25) is 0 Å². The fourth-order valence-electron chi connectivity index (χ4n) is 2.21. The van der Waals surface area contributed by atoms with Crippen molar-refractivity contribution in [3.63, 3.8) is 0 Å². The number of amides is 1. The van der Waals surface area contributed by atoms with Gasteiger partial charge in [0.1, 0.15) is 0 Å². The van der Waals surface area contributed by atoms with E-state index >= 15 is 0 Å². The summed E-state index contributed by atoms with van der Waals surface area (Å²) < 4.78 is 36.1. The number of hydrazine groups is 1. The van der Waals surface area contributed by atoms with Crippen molar-refractivity contribution in [3.05, 3.63) is 52.5 Å². The summed E-state index contributed by atoms with van der Waals surface area (Å²) in [6.07, 6.45) is 0.892. The zero-order valence-electron chi connectivity index (χ0n) is 15.9. The standard InChI is InChI=1S/C19H23BrN2O5S/c1-13(2)9-10-27-17-8-7-14(11-18(17)26-3)19(23)21-22-28(24,25)16-6-4-5-15(20)12-16/h4-8,11-13,22H,9-10H2,1-3H3,(H,21,23). The number of ether oxygens (including phenoxy) is 2. The SMILES string of the molecule is COc1cc(C(=O)NNS(=O)(=O)c2cccc(Br)c2)ccc1OCCC(C)C. The number of methoxy groups -OCH3 is 1. The average molecular weight is 471 g/mol. The number of benzene rings is 2. The van der Waals surface area contributed by atoms with Crippen LogP contribution in [0.3, 0.4) is 0 Å². The first-order valence-corrected chi connectivity index (χ1v) is 10.9. The van der Waals surface area contributed by atoms with Crippen LogP contribution < -0.4 is 19.7 Å². The monoisotopic (exact) mass is 470 g/mol. The topological polar surface area (TPSA) is 93.7 Å². The summed E-state index contributed by atoms with van der Waals surface area (Å²) in [5, 5.41) is 0. The average Bonchev–Trinajstić information content (AvgIpc) is 2.66. The minimum atomic E-state index is -3.90. The fraction of sp³-hybridized carbons (Fsp3) is 0.316. The van der Waals surface area contributed by atoms with E-state index in [1.807, 2.05) is 0 Å². The van der Waals surface area contributed by atoms with Crippen molar-refractivity contribution in [2.24, 2.45) is 5.92 Å². The highest BCUT2D eigenvalue weighted by Crippen LogP contribution is 2.28. The lowest BCUT2D eigenvalue weighted by atomic mass is 10.1. The second kappa shape index (κ2) is 9.90. The van der Waals surface area contributed by atoms with Gasteiger partial charge in [0, 0.05) is 10.0 Å². The van der Waals surface area contributed by atoms with Gasteiger partial charge in [-0.25, -0.2) is 8.42 Å². The van der Waals surface area contributed by atoms with Gasteiger partial charge >= 0.3 is 0 Å². The number of carbonyl (C=O) groups is 1. The van der Waals surface area contributed by atoms with Crippen LogP contribution in [0.25, 0.3) is 0 Å². The van der Waals surface area contributed by atoms with E-state index in [9.17, 15) is 13.2 Å². The number of carbonyl (C=O) groups excluding carboxylic acids is 1. The molecule has 0 saturated carbocycles. The number of halogens is 1. The van der Waals surface area contributed by atoms with Gasteiger partial charge in [-0.15, -0.1) is 4.83 Å². The largest absolute Gasteiger partial charge is 0.493 e. The Morgan fingerprint density at radius 3 is 2.54 bits per heavy atom. The minimum Gasteiger partial charge on any atom is -0.493 e. The number of hydrogen-bond acceptors (Lipinski definition) is 5. The van der Waals surface area contributed by atoms with Crippen molar-refractivity contribution >= 4 is 31.9 Å². The van der Waals surface area contributed by atoms with Crippen molar-refractivity contribution < 1.29 is 22.7 Å². The van der Waals surface area contributed by atoms with Crippen LogP contribution in [0, 0.1) is 5.92 Å².